The highest BCUT2D eigenvalue weighted by molar-refractivity contribution is 5.90. The van der Waals surface area contributed by atoms with E-state index in [0.717, 1.165) is 4.90 Å². The second-order valence-electron chi connectivity index (χ2n) is 5.85. The molecule has 0 aromatic rings. The van der Waals surface area contributed by atoms with E-state index in [0.29, 0.717) is 6.54 Å². The highest BCUT2D eigenvalue weighted by atomic mass is 16.4. The lowest BCUT2D eigenvalue weighted by atomic mass is 10.0. The lowest BCUT2D eigenvalue weighted by Crippen LogP contribution is -2.63. The Labute approximate surface area is 124 Å². The average Bonchev–Trinajstić information content (AvgIpc) is 2.36. The third-order valence-electron chi connectivity index (χ3n) is 3.40. The maximum atomic E-state index is 12.3. The highest BCUT2D eigenvalue weighted by Crippen LogP contribution is 2.08. The first-order valence-corrected chi connectivity index (χ1v) is 6.93. The minimum Gasteiger partial charge on any atom is -0.480 e. The van der Waals surface area contributed by atoms with Gasteiger partial charge in [0.2, 0.25) is 5.91 Å². The number of amides is 3. The lowest BCUT2D eigenvalue weighted by Gasteiger charge is -2.35. The van der Waals surface area contributed by atoms with E-state index in [9.17, 15) is 14.4 Å². The number of carbonyl (C=O) groups is 3. The fourth-order valence-corrected chi connectivity index (χ4v) is 2.13. The van der Waals surface area contributed by atoms with Crippen molar-refractivity contribution in [2.75, 3.05) is 33.7 Å². The van der Waals surface area contributed by atoms with Crippen molar-refractivity contribution in [3.05, 3.63) is 0 Å². The van der Waals surface area contributed by atoms with Crippen molar-refractivity contribution in [2.45, 2.75) is 25.9 Å². The SMILES string of the molecule is CC(C)C(CN(C)C)NC(=O)N1CC(=O)NCC1C(=O)O. The van der Waals surface area contributed by atoms with Crippen LogP contribution in [0, 0.1) is 5.92 Å². The maximum Gasteiger partial charge on any atom is 0.328 e. The van der Waals surface area contributed by atoms with Crippen molar-refractivity contribution in [3.63, 3.8) is 0 Å². The summed E-state index contributed by atoms with van der Waals surface area (Å²) in [7, 11) is 3.80. The van der Waals surface area contributed by atoms with Crippen LogP contribution in [0.25, 0.3) is 0 Å². The largest absolute Gasteiger partial charge is 0.480 e. The molecule has 0 aromatic heterocycles. The Hall–Kier alpha value is -1.83. The van der Waals surface area contributed by atoms with Crippen LogP contribution >= 0.6 is 0 Å². The second kappa shape index (κ2) is 7.26. The lowest BCUT2D eigenvalue weighted by molar-refractivity contribution is -0.144. The van der Waals surface area contributed by atoms with Gasteiger partial charge in [-0.25, -0.2) is 9.59 Å². The van der Waals surface area contributed by atoms with Gasteiger partial charge in [-0.1, -0.05) is 13.8 Å². The molecule has 0 radical (unpaired) electrons. The fraction of sp³-hybridized carbons (Fsp3) is 0.769. The van der Waals surface area contributed by atoms with E-state index >= 15 is 0 Å². The van der Waals surface area contributed by atoms with Crippen molar-refractivity contribution in [1.82, 2.24) is 20.4 Å². The zero-order chi connectivity index (χ0) is 16.2. The summed E-state index contributed by atoms with van der Waals surface area (Å²) in [4.78, 5) is 37.9. The number of rotatable bonds is 5. The van der Waals surface area contributed by atoms with Gasteiger partial charge in [0.05, 0.1) is 0 Å². The van der Waals surface area contributed by atoms with Crippen LogP contribution in [-0.4, -0.2) is 78.6 Å². The van der Waals surface area contributed by atoms with Crippen LogP contribution in [0.1, 0.15) is 13.8 Å². The molecular weight excluding hydrogens is 276 g/mol. The number of carboxylic acids is 1. The summed E-state index contributed by atoms with van der Waals surface area (Å²) < 4.78 is 0. The molecule has 0 spiro atoms. The molecule has 3 amide bonds. The van der Waals surface area contributed by atoms with E-state index in [1.807, 2.05) is 32.8 Å². The Balaban J connectivity index is 2.78. The average molecular weight is 300 g/mol. The molecule has 1 rings (SSSR count). The molecule has 2 unspecified atom stereocenters. The molecule has 120 valence electrons. The number of urea groups is 1. The Morgan fingerprint density at radius 2 is 2.10 bits per heavy atom. The predicted octanol–water partition coefficient (Wildman–Crippen LogP) is -0.833. The van der Waals surface area contributed by atoms with Crippen LogP contribution in [0.15, 0.2) is 0 Å². The van der Waals surface area contributed by atoms with Gasteiger partial charge in [0.15, 0.2) is 0 Å². The van der Waals surface area contributed by atoms with E-state index in [1.165, 1.54) is 0 Å². The van der Waals surface area contributed by atoms with Crippen molar-refractivity contribution >= 4 is 17.9 Å². The maximum absolute atomic E-state index is 12.3. The molecule has 8 heteroatoms. The number of likely N-dealkylation sites (N-methyl/N-ethyl adjacent to an activating group) is 1. The second-order valence-corrected chi connectivity index (χ2v) is 5.85. The molecule has 8 nitrogen and oxygen atoms in total. The number of nitrogens with zero attached hydrogens (tertiary/aromatic N) is 2. The van der Waals surface area contributed by atoms with Gasteiger partial charge in [0, 0.05) is 19.1 Å². The molecule has 2 atom stereocenters. The molecule has 21 heavy (non-hydrogen) atoms. The van der Waals surface area contributed by atoms with Crippen LogP contribution in [0.4, 0.5) is 4.79 Å². The molecular formula is C13H24N4O4. The first-order chi connectivity index (χ1) is 9.72. The zero-order valence-electron chi connectivity index (χ0n) is 12.9. The summed E-state index contributed by atoms with van der Waals surface area (Å²) in [5.41, 5.74) is 0. The Kier molecular flexibility index (Phi) is 5.95. The minimum absolute atomic E-state index is 0.0678. The number of hydrogen-bond donors (Lipinski definition) is 3. The van der Waals surface area contributed by atoms with Gasteiger partial charge in [-0.3, -0.25) is 9.69 Å². The smallest absolute Gasteiger partial charge is 0.328 e. The monoisotopic (exact) mass is 300 g/mol. The quantitative estimate of drug-likeness (QED) is 0.615. The topological polar surface area (TPSA) is 102 Å². The number of nitrogens with one attached hydrogen (secondary N) is 2. The Morgan fingerprint density at radius 3 is 2.57 bits per heavy atom. The molecule has 0 aliphatic carbocycles. The van der Waals surface area contributed by atoms with Gasteiger partial charge in [0.1, 0.15) is 12.6 Å². The number of piperazine rings is 1. The minimum atomic E-state index is -1.13. The van der Waals surface area contributed by atoms with Crippen molar-refractivity contribution in [3.8, 4) is 0 Å². The first-order valence-electron chi connectivity index (χ1n) is 6.93. The molecule has 1 aliphatic rings. The number of hydrogen-bond acceptors (Lipinski definition) is 4. The molecule has 1 aliphatic heterocycles. The number of aliphatic carboxylic acids is 1. The van der Waals surface area contributed by atoms with E-state index in [4.69, 9.17) is 5.11 Å². The van der Waals surface area contributed by atoms with Crippen LogP contribution in [0.2, 0.25) is 0 Å². The standard InChI is InChI=1S/C13H24N4O4/c1-8(2)9(6-16(3)4)15-13(21)17-7-11(18)14-5-10(17)12(19)20/h8-10H,5-7H2,1-4H3,(H,14,18)(H,15,21)(H,19,20). The third-order valence-corrected chi connectivity index (χ3v) is 3.40. The van der Waals surface area contributed by atoms with Gasteiger partial charge in [0.25, 0.3) is 0 Å². The third kappa shape index (κ3) is 4.89. The van der Waals surface area contributed by atoms with Crippen LogP contribution in [-0.2, 0) is 9.59 Å². The first kappa shape index (κ1) is 17.2. The van der Waals surface area contributed by atoms with Crippen LogP contribution < -0.4 is 10.6 Å². The summed E-state index contributed by atoms with van der Waals surface area (Å²) in [6.07, 6.45) is 0. The zero-order valence-corrected chi connectivity index (χ0v) is 12.9. The van der Waals surface area contributed by atoms with Crippen molar-refractivity contribution < 1.29 is 19.5 Å². The van der Waals surface area contributed by atoms with Crippen LogP contribution in [0.5, 0.6) is 0 Å². The summed E-state index contributed by atoms with van der Waals surface area (Å²) in [5, 5.41) is 14.4. The number of carbonyl (C=O) groups excluding carboxylic acids is 2. The molecule has 0 bridgehead atoms. The summed E-state index contributed by atoms with van der Waals surface area (Å²) in [5.74, 6) is -1.28. The fourth-order valence-electron chi connectivity index (χ4n) is 2.13. The van der Waals surface area contributed by atoms with Crippen molar-refractivity contribution in [1.29, 1.82) is 0 Å². The molecule has 0 saturated carbocycles. The number of carboxylic acid groups (broad SMARTS) is 1. The predicted molar refractivity (Wildman–Crippen MR) is 76.9 cm³/mol. The molecule has 3 N–H and O–H groups in total. The Morgan fingerprint density at radius 1 is 1.48 bits per heavy atom. The van der Waals surface area contributed by atoms with Gasteiger partial charge in [-0.05, 0) is 20.0 Å². The summed E-state index contributed by atoms with van der Waals surface area (Å²) in [6.45, 7) is 4.29. The van der Waals surface area contributed by atoms with Gasteiger partial charge < -0.3 is 20.6 Å². The highest BCUT2D eigenvalue weighted by Gasteiger charge is 2.36. The summed E-state index contributed by atoms with van der Waals surface area (Å²) >= 11 is 0. The van der Waals surface area contributed by atoms with Gasteiger partial charge in [-0.2, -0.15) is 0 Å². The molecule has 1 heterocycles. The molecule has 1 saturated heterocycles. The normalized spacial score (nSPS) is 20.4. The Bertz CT molecular complexity index is 411. The van der Waals surface area contributed by atoms with Gasteiger partial charge >= 0.3 is 12.0 Å². The van der Waals surface area contributed by atoms with Crippen molar-refractivity contribution in [2.24, 2.45) is 5.92 Å². The van der Waals surface area contributed by atoms with Gasteiger partial charge in [-0.15, -0.1) is 0 Å². The van der Waals surface area contributed by atoms with E-state index in [1.54, 1.807) is 0 Å². The summed E-state index contributed by atoms with van der Waals surface area (Å²) in [6, 6.07) is -1.67. The van der Waals surface area contributed by atoms with E-state index in [-0.39, 0.29) is 31.0 Å². The molecule has 0 aromatic carbocycles. The molecule has 1 fully saturated rings. The van der Waals surface area contributed by atoms with E-state index < -0.39 is 18.0 Å². The van der Waals surface area contributed by atoms with E-state index in [2.05, 4.69) is 10.6 Å². The van der Waals surface area contributed by atoms with Crippen LogP contribution in [0.3, 0.4) is 0 Å².